The van der Waals surface area contributed by atoms with Gasteiger partial charge in [0.2, 0.25) is 15.9 Å². The monoisotopic (exact) mass is 386 g/mol. The van der Waals surface area contributed by atoms with Gasteiger partial charge in [-0.25, -0.2) is 13.1 Å². The van der Waals surface area contributed by atoms with Gasteiger partial charge < -0.3 is 4.90 Å². The summed E-state index contributed by atoms with van der Waals surface area (Å²) in [5, 5.41) is 0. The zero-order chi connectivity index (χ0) is 19.1. The molecule has 0 bridgehead atoms. The first-order chi connectivity index (χ1) is 13.0. The van der Waals surface area contributed by atoms with E-state index in [9.17, 15) is 13.2 Å². The highest BCUT2D eigenvalue weighted by molar-refractivity contribution is 7.89. The van der Waals surface area contributed by atoms with E-state index in [1.165, 1.54) is 6.42 Å². The molecule has 0 spiro atoms. The van der Waals surface area contributed by atoms with Crippen molar-refractivity contribution in [3.05, 3.63) is 65.7 Å². The van der Waals surface area contributed by atoms with Crippen molar-refractivity contribution in [2.24, 2.45) is 0 Å². The number of hydrogen-bond donors (Lipinski definition) is 1. The second-order valence-corrected chi connectivity index (χ2v) is 8.66. The van der Waals surface area contributed by atoms with Crippen molar-refractivity contribution in [3.8, 4) is 0 Å². The number of benzene rings is 2. The molecule has 1 N–H and O–H groups in total. The molecular formula is C21H26N2O3S. The molecule has 1 aliphatic heterocycles. The van der Waals surface area contributed by atoms with E-state index in [-0.39, 0.29) is 17.3 Å². The Kier molecular flexibility index (Phi) is 6.63. The highest BCUT2D eigenvalue weighted by Gasteiger charge is 2.17. The molecule has 1 heterocycles. The predicted molar refractivity (Wildman–Crippen MR) is 106 cm³/mol. The number of likely N-dealkylation sites (tertiary alicyclic amines) is 1. The summed E-state index contributed by atoms with van der Waals surface area (Å²) >= 11 is 0. The van der Waals surface area contributed by atoms with Gasteiger partial charge in [-0.3, -0.25) is 4.79 Å². The average Bonchev–Trinajstić information content (AvgIpc) is 2.72. The molecule has 2 aromatic carbocycles. The van der Waals surface area contributed by atoms with Crippen molar-refractivity contribution >= 4 is 15.9 Å². The summed E-state index contributed by atoms with van der Waals surface area (Å²) < 4.78 is 27.5. The van der Waals surface area contributed by atoms with E-state index in [0.717, 1.165) is 37.1 Å². The molecule has 5 nitrogen and oxygen atoms in total. The number of rotatable bonds is 7. The van der Waals surface area contributed by atoms with Crippen molar-refractivity contribution in [1.29, 1.82) is 0 Å². The van der Waals surface area contributed by atoms with Gasteiger partial charge in [-0.05, 0) is 48.9 Å². The Balaban J connectivity index is 1.53. The van der Waals surface area contributed by atoms with E-state index in [1.807, 2.05) is 35.2 Å². The third-order valence-electron chi connectivity index (χ3n) is 4.88. The number of nitrogens with one attached hydrogen (secondary N) is 1. The molecule has 0 atom stereocenters. The fourth-order valence-electron chi connectivity index (χ4n) is 3.25. The van der Waals surface area contributed by atoms with Crippen LogP contribution in [0.25, 0.3) is 0 Å². The zero-order valence-corrected chi connectivity index (χ0v) is 16.2. The van der Waals surface area contributed by atoms with Crippen LogP contribution in [-0.2, 0) is 27.8 Å². The van der Waals surface area contributed by atoms with E-state index in [4.69, 9.17) is 0 Å². The summed E-state index contributed by atoms with van der Waals surface area (Å²) in [5.74, 6) is 0.191. The van der Waals surface area contributed by atoms with Gasteiger partial charge >= 0.3 is 0 Å². The molecule has 144 valence electrons. The lowest BCUT2D eigenvalue weighted by molar-refractivity contribution is -0.132. The molecule has 1 fully saturated rings. The number of piperidine rings is 1. The first kappa shape index (κ1) is 19.6. The highest BCUT2D eigenvalue weighted by Crippen LogP contribution is 2.15. The van der Waals surface area contributed by atoms with Crippen molar-refractivity contribution in [2.75, 3.05) is 13.1 Å². The Morgan fingerprint density at radius 3 is 2.22 bits per heavy atom. The molecule has 27 heavy (non-hydrogen) atoms. The van der Waals surface area contributed by atoms with Gasteiger partial charge in [-0.1, -0.05) is 42.5 Å². The summed E-state index contributed by atoms with van der Waals surface area (Å²) in [5.41, 5.74) is 1.89. The maximum Gasteiger partial charge on any atom is 0.240 e. The summed E-state index contributed by atoms with van der Waals surface area (Å²) in [6, 6.07) is 16.2. The number of sulfonamides is 1. The highest BCUT2D eigenvalue weighted by atomic mass is 32.2. The number of aryl methyl sites for hydroxylation is 1. The van der Waals surface area contributed by atoms with E-state index in [1.54, 1.807) is 24.3 Å². The first-order valence-electron chi connectivity index (χ1n) is 9.45. The van der Waals surface area contributed by atoms with Crippen molar-refractivity contribution in [1.82, 2.24) is 9.62 Å². The summed E-state index contributed by atoms with van der Waals surface area (Å²) in [7, 11) is -3.55. The standard InChI is InChI=1S/C21H26N2O3S/c24-21(23-15-5-2-6-16-23)14-11-18-9-12-20(13-10-18)27(25,26)22-17-19-7-3-1-4-8-19/h1,3-4,7-10,12-13,22H,2,5-6,11,14-17H2. The first-order valence-corrected chi connectivity index (χ1v) is 10.9. The van der Waals surface area contributed by atoms with Crippen LogP contribution < -0.4 is 4.72 Å². The molecule has 0 radical (unpaired) electrons. The van der Waals surface area contributed by atoms with Gasteiger partial charge in [0, 0.05) is 26.1 Å². The largest absolute Gasteiger partial charge is 0.343 e. The van der Waals surface area contributed by atoms with Gasteiger partial charge in [-0.2, -0.15) is 0 Å². The quantitative estimate of drug-likeness (QED) is 0.795. The zero-order valence-electron chi connectivity index (χ0n) is 15.4. The lowest BCUT2D eigenvalue weighted by atomic mass is 10.1. The third-order valence-corrected chi connectivity index (χ3v) is 6.30. The second-order valence-electron chi connectivity index (χ2n) is 6.90. The van der Waals surface area contributed by atoms with Crippen LogP contribution in [0.2, 0.25) is 0 Å². The Morgan fingerprint density at radius 2 is 1.56 bits per heavy atom. The predicted octanol–water partition coefficient (Wildman–Crippen LogP) is 3.11. The van der Waals surface area contributed by atoms with E-state index in [2.05, 4.69) is 4.72 Å². The minimum absolute atomic E-state index is 0.191. The molecule has 0 aliphatic carbocycles. The SMILES string of the molecule is O=C(CCc1ccc(S(=O)(=O)NCc2ccccc2)cc1)N1CCCCC1. The van der Waals surface area contributed by atoms with Gasteiger partial charge in [0.15, 0.2) is 0 Å². The smallest absolute Gasteiger partial charge is 0.240 e. The van der Waals surface area contributed by atoms with Gasteiger partial charge in [0.25, 0.3) is 0 Å². The number of amides is 1. The number of hydrogen-bond acceptors (Lipinski definition) is 3. The van der Waals surface area contributed by atoms with Crippen LogP contribution in [0.1, 0.15) is 36.8 Å². The number of nitrogens with zero attached hydrogens (tertiary/aromatic N) is 1. The fraction of sp³-hybridized carbons (Fsp3) is 0.381. The van der Waals surface area contributed by atoms with E-state index in [0.29, 0.717) is 12.8 Å². The van der Waals surface area contributed by atoms with E-state index >= 15 is 0 Å². The summed E-state index contributed by atoms with van der Waals surface area (Å²) in [4.78, 5) is 14.4. The molecule has 1 aliphatic rings. The van der Waals surface area contributed by atoms with Crippen LogP contribution in [0, 0.1) is 0 Å². The van der Waals surface area contributed by atoms with Crippen LogP contribution in [0.15, 0.2) is 59.5 Å². The topological polar surface area (TPSA) is 66.5 Å². The van der Waals surface area contributed by atoms with Crippen molar-refractivity contribution in [3.63, 3.8) is 0 Å². The molecule has 2 aromatic rings. The van der Waals surface area contributed by atoms with Crippen LogP contribution in [-0.4, -0.2) is 32.3 Å². The number of carbonyl (C=O) groups excluding carboxylic acids is 1. The van der Waals surface area contributed by atoms with Crippen molar-refractivity contribution < 1.29 is 13.2 Å². The second kappa shape index (κ2) is 9.15. The van der Waals surface area contributed by atoms with Gasteiger partial charge in [-0.15, -0.1) is 0 Å². The molecule has 1 saturated heterocycles. The minimum Gasteiger partial charge on any atom is -0.343 e. The summed E-state index contributed by atoms with van der Waals surface area (Å²) in [6.45, 7) is 1.99. The Hall–Kier alpha value is -2.18. The van der Waals surface area contributed by atoms with Crippen LogP contribution in [0.5, 0.6) is 0 Å². The molecule has 1 amide bonds. The minimum atomic E-state index is -3.55. The maximum atomic E-state index is 12.4. The molecule has 0 unspecified atom stereocenters. The van der Waals surface area contributed by atoms with Gasteiger partial charge in [0.05, 0.1) is 4.90 Å². The molecule has 6 heteroatoms. The van der Waals surface area contributed by atoms with Crippen LogP contribution in [0.3, 0.4) is 0 Å². The Labute approximate surface area is 161 Å². The van der Waals surface area contributed by atoms with Crippen LogP contribution >= 0.6 is 0 Å². The molecular weight excluding hydrogens is 360 g/mol. The molecule has 0 aromatic heterocycles. The van der Waals surface area contributed by atoms with Crippen molar-refractivity contribution in [2.45, 2.75) is 43.5 Å². The fourth-order valence-corrected chi connectivity index (χ4v) is 4.26. The molecule has 0 saturated carbocycles. The third kappa shape index (κ3) is 5.65. The average molecular weight is 387 g/mol. The Bertz CT molecular complexity index is 843. The van der Waals surface area contributed by atoms with Crippen LogP contribution in [0.4, 0.5) is 0 Å². The Morgan fingerprint density at radius 1 is 0.889 bits per heavy atom. The lowest BCUT2D eigenvalue weighted by Crippen LogP contribution is -2.35. The lowest BCUT2D eigenvalue weighted by Gasteiger charge is -2.26. The normalized spacial score (nSPS) is 14.9. The maximum absolute atomic E-state index is 12.4. The molecule has 3 rings (SSSR count). The van der Waals surface area contributed by atoms with Gasteiger partial charge in [0.1, 0.15) is 0 Å². The number of carbonyl (C=O) groups is 1. The summed E-state index contributed by atoms with van der Waals surface area (Å²) in [6.07, 6.45) is 4.49. The van der Waals surface area contributed by atoms with E-state index < -0.39 is 10.0 Å².